The first kappa shape index (κ1) is 15.7. The fourth-order valence-corrected chi connectivity index (χ4v) is 2.02. The highest BCUT2D eigenvalue weighted by Crippen LogP contribution is 2.23. The van der Waals surface area contributed by atoms with Crippen LogP contribution in [0.4, 0.5) is 0 Å². The van der Waals surface area contributed by atoms with Crippen molar-refractivity contribution in [1.29, 1.82) is 5.26 Å². The number of fused-ring (bicyclic) bond motifs is 1. The van der Waals surface area contributed by atoms with Crippen LogP contribution in [-0.4, -0.2) is 33.6 Å². The number of H-pyrrole nitrogens is 1. The minimum absolute atomic E-state index is 0.0785. The number of aromatic amines is 1. The van der Waals surface area contributed by atoms with Crippen LogP contribution >= 0.6 is 0 Å². The lowest BCUT2D eigenvalue weighted by atomic mass is 10.1. The molecule has 22 heavy (non-hydrogen) atoms. The smallest absolute Gasteiger partial charge is 0.169 e. The Balaban J connectivity index is 2.29. The second kappa shape index (κ2) is 6.87. The van der Waals surface area contributed by atoms with Gasteiger partial charge in [-0.2, -0.15) is 5.26 Å². The summed E-state index contributed by atoms with van der Waals surface area (Å²) < 4.78 is 5.53. The number of aliphatic hydroxyl groups is 1. The van der Waals surface area contributed by atoms with Gasteiger partial charge in [-0.25, -0.2) is 4.98 Å². The maximum atomic E-state index is 11.3. The molecule has 1 unspecified atom stereocenters. The van der Waals surface area contributed by atoms with Crippen LogP contribution in [0.2, 0.25) is 0 Å². The number of nitrogens with zero attached hydrogens (tertiary/aromatic N) is 2. The van der Waals surface area contributed by atoms with Crippen molar-refractivity contribution in [3.05, 3.63) is 35.7 Å². The van der Waals surface area contributed by atoms with Crippen molar-refractivity contribution in [2.45, 2.75) is 26.4 Å². The molecule has 2 rings (SSSR count). The van der Waals surface area contributed by atoms with Gasteiger partial charge >= 0.3 is 0 Å². The summed E-state index contributed by atoms with van der Waals surface area (Å²) in [6.45, 7) is 3.05. The van der Waals surface area contributed by atoms with Crippen LogP contribution < -0.4 is 4.74 Å². The average Bonchev–Trinajstić information content (AvgIpc) is 2.90. The molecule has 0 aliphatic rings. The summed E-state index contributed by atoms with van der Waals surface area (Å²) in [4.78, 5) is 18.5. The summed E-state index contributed by atoms with van der Waals surface area (Å²) >= 11 is 0. The maximum absolute atomic E-state index is 11.3. The van der Waals surface area contributed by atoms with E-state index in [1.807, 2.05) is 12.1 Å². The molecule has 0 fully saturated rings. The standard InChI is InChI=1S/C16H17N3O3/c1-10(9-20)22-14-5-15-13(7-18-16(15)19-8-14)4-3-12(6-17)11(2)21/h3,5,7-8,10,20H,4,9H2,1-2H3,(H,18,19)/b12-3+. The summed E-state index contributed by atoms with van der Waals surface area (Å²) in [5, 5.41) is 18.8. The second-order valence-electron chi connectivity index (χ2n) is 4.98. The van der Waals surface area contributed by atoms with Crippen LogP contribution in [0.15, 0.2) is 30.1 Å². The molecule has 0 bridgehead atoms. The lowest BCUT2D eigenvalue weighted by molar-refractivity contribution is -0.113. The van der Waals surface area contributed by atoms with Crippen molar-refractivity contribution in [2.24, 2.45) is 0 Å². The number of carbonyl (C=O) groups excluding carboxylic acids is 1. The first-order valence-electron chi connectivity index (χ1n) is 6.90. The van der Waals surface area contributed by atoms with Crippen molar-refractivity contribution in [3.63, 3.8) is 0 Å². The van der Waals surface area contributed by atoms with Crippen LogP contribution in [0.5, 0.6) is 5.75 Å². The van der Waals surface area contributed by atoms with E-state index in [1.165, 1.54) is 6.92 Å². The lowest BCUT2D eigenvalue weighted by Gasteiger charge is -2.11. The zero-order chi connectivity index (χ0) is 16.1. The van der Waals surface area contributed by atoms with Gasteiger partial charge in [-0.15, -0.1) is 0 Å². The van der Waals surface area contributed by atoms with Crippen LogP contribution in [0.3, 0.4) is 0 Å². The Morgan fingerprint density at radius 3 is 3.05 bits per heavy atom. The van der Waals surface area contributed by atoms with Gasteiger partial charge in [0.25, 0.3) is 0 Å². The number of nitrogens with one attached hydrogen (secondary N) is 1. The van der Waals surface area contributed by atoms with E-state index >= 15 is 0 Å². The summed E-state index contributed by atoms with van der Waals surface area (Å²) in [6, 6.07) is 3.72. The van der Waals surface area contributed by atoms with Gasteiger partial charge in [-0.05, 0) is 31.9 Å². The van der Waals surface area contributed by atoms with Crippen molar-refractivity contribution in [3.8, 4) is 11.8 Å². The number of Topliss-reactive ketones (excluding diaryl/α,β-unsaturated/α-hetero) is 1. The highest BCUT2D eigenvalue weighted by Gasteiger charge is 2.09. The fourth-order valence-electron chi connectivity index (χ4n) is 2.02. The molecule has 2 aromatic heterocycles. The Bertz CT molecular complexity index is 756. The minimum Gasteiger partial charge on any atom is -0.487 e. The normalized spacial score (nSPS) is 12.9. The van der Waals surface area contributed by atoms with E-state index in [9.17, 15) is 4.79 Å². The molecule has 0 radical (unpaired) electrons. The number of hydrogen-bond acceptors (Lipinski definition) is 5. The predicted molar refractivity (Wildman–Crippen MR) is 81.4 cm³/mol. The quantitative estimate of drug-likeness (QED) is 0.627. The van der Waals surface area contributed by atoms with E-state index in [0.717, 1.165) is 10.9 Å². The summed E-state index contributed by atoms with van der Waals surface area (Å²) in [6.07, 6.45) is 5.12. The van der Waals surface area contributed by atoms with Gasteiger partial charge in [-0.1, -0.05) is 6.08 Å². The third-order valence-electron chi connectivity index (χ3n) is 3.21. The van der Waals surface area contributed by atoms with Crippen molar-refractivity contribution in [1.82, 2.24) is 9.97 Å². The van der Waals surface area contributed by atoms with Gasteiger partial charge in [0.15, 0.2) is 5.78 Å². The third-order valence-corrected chi connectivity index (χ3v) is 3.21. The topological polar surface area (TPSA) is 99.0 Å². The largest absolute Gasteiger partial charge is 0.487 e. The van der Waals surface area contributed by atoms with Crippen LogP contribution in [-0.2, 0) is 11.2 Å². The number of aliphatic hydroxyl groups excluding tert-OH is 1. The Kier molecular flexibility index (Phi) is 4.92. The number of ether oxygens (including phenoxy) is 1. The van der Waals surface area contributed by atoms with Crippen molar-refractivity contribution >= 4 is 16.8 Å². The number of hydrogen-bond donors (Lipinski definition) is 2. The van der Waals surface area contributed by atoms with Gasteiger partial charge < -0.3 is 14.8 Å². The van der Waals surface area contributed by atoms with Gasteiger partial charge in [0.1, 0.15) is 23.6 Å². The average molecular weight is 299 g/mol. The molecule has 2 N–H and O–H groups in total. The highest BCUT2D eigenvalue weighted by atomic mass is 16.5. The number of pyridine rings is 1. The molecular formula is C16H17N3O3. The number of allylic oxidation sites excluding steroid dienone is 2. The lowest BCUT2D eigenvalue weighted by Crippen LogP contribution is -2.16. The Labute approximate surface area is 128 Å². The first-order chi connectivity index (χ1) is 10.5. The molecule has 0 aliphatic carbocycles. The summed E-state index contributed by atoms with van der Waals surface area (Å²) in [5.41, 5.74) is 1.76. The molecule has 2 aromatic rings. The molecule has 0 saturated carbocycles. The SMILES string of the molecule is CC(=O)/C(C#N)=C/Cc1c[nH]c2ncc(OC(C)CO)cc12. The van der Waals surface area contributed by atoms with E-state index in [2.05, 4.69) is 9.97 Å². The number of ketones is 1. The molecule has 0 aromatic carbocycles. The van der Waals surface area contributed by atoms with Gasteiger partial charge in [0.05, 0.1) is 18.4 Å². The van der Waals surface area contributed by atoms with E-state index < -0.39 is 0 Å². The van der Waals surface area contributed by atoms with Crippen molar-refractivity contribution in [2.75, 3.05) is 6.61 Å². The zero-order valence-corrected chi connectivity index (χ0v) is 12.5. The molecule has 1 atom stereocenters. The van der Waals surface area contributed by atoms with E-state index in [0.29, 0.717) is 17.8 Å². The van der Waals surface area contributed by atoms with Gasteiger partial charge in [0.2, 0.25) is 0 Å². The van der Waals surface area contributed by atoms with Crippen molar-refractivity contribution < 1.29 is 14.6 Å². The first-order valence-corrected chi connectivity index (χ1v) is 6.90. The van der Waals surface area contributed by atoms with Crippen LogP contribution in [0, 0.1) is 11.3 Å². The zero-order valence-electron chi connectivity index (χ0n) is 12.5. The van der Waals surface area contributed by atoms with Gasteiger partial charge in [-0.3, -0.25) is 4.79 Å². The van der Waals surface area contributed by atoms with E-state index in [4.69, 9.17) is 15.1 Å². The minimum atomic E-state index is -0.315. The number of carbonyl (C=O) groups is 1. The molecule has 0 saturated heterocycles. The van der Waals surface area contributed by atoms with Gasteiger partial charge in [0, 0.05) is 11.6 Å². The molecule has 6 heteroatoms. The molecule has 6 nitrogen and oxygen atoms in total. The number of rotatable bonds is 6. The second-order valence-corrected chi connectivity index (χ2v) is 4.98. The molecule has 0 aliphatic heterocycles. The summed E-state index contributed by atoms with van der Waals surface area (Å²) in [7, 11) is 0. The molecule has 0 amide bonds. The molecule has 114 valence electrons. The number of nitriles is 1. The molecule has 0 spiro atoms. The summed E-state index contributed by atoms with van der Waals surface area (Å²) in [5.74, 6) is 0.312. The maximum Gasteiger partial charge on any atom is 0.169 e. The molecular weight excluding hydrogens is 282 g/mol. The number of aromatic nitrogens is 2. The fraction of sp³-hybridized carbons (Fsp3) is 0.312. The van der Waals surface area contributed by atoms with Crippen LogP contribution in [0.1, 0.15) is 19.4 Å². The predicted octanol–water partition coefficient (Wildman–Crippen LogP) is 1.90. The highest BCUT2D eigenvalue weighted by molar-refractivity contribution is 5.97. The Hall–Kier alpha value is -2.65. The Morgan fingerprint density at radius 1 is 1.64 bits per heavy atom. The monoisotopic (exact) mass is 299 g/mol. The van der Waals surface area contributed by atoms with E-state index in [-0.39, 0.29) is 24.1 Å². The third kappa shape index (κ3) is 3.51. The Morgan fingerprint density at radius 2 is 2.41 bits per heavy atom. The van der Waals surface area contributed by atoms with Crippen LogP contribution in [0.25, 0.3) is 11.0 Å². The van der Waals surface area contributed by atoms with E-state index in [1.54, 1.807) is 25.4 Å². The molecule has 2 heterocycles.